The summed E-state index contributed by atoms with van der Waals surface area (Å²) in [5.74, 6) is -0.0497. The Bertz CT molecular complexity index is 1730. The summed E-state index contributed by atoms with van der Waals surface area (Å²) in [7, 11) is 1.65. The van der Waals surface area contributed by atoms with E-state index >= 15 is 0 Å². The standard InChI is InChI=1S/C27H23N3O4/c1-27-11-18(33-2)24(31)26(34-27)29-16-9-5-3-7-13(16)20-21-15(12-28-25(21)32)19-14-8-4-6-10-17(14)30(27)23(19)22(20)29/h3-10,18,24,26,31H,11-12H2,1-2H3,(H,28,32)/t18-,24+,26+,27-/m0/s1. The van der Waals surface area contributed by atoms with Crippen LogP contribution < -0.4 is 5.32 Å². The van der Waals surface area contributed by atoms with E-state index in [0.717, 1.165) is 54.7 Å². The average Bonchev–Trinajstić information content (AvgIpc) is 3.48. The SMILES string of the molecule is CO[C@H]1C[C@]2(C)O[C@H]([C@@H]1O)n1c3ccccc3c3c4c(c5c6ccccc6n2c5c31)CNC4=O. The van der Waals surface area contributed by atoms with Gasteiger partial charge in [0.1, 0.15) is 11.8 Å². The van der Waals surface area contributed by atoms with Crippen LogP contribution in [0.25, 0.3) is 43.6 Å². The van der Waals surface area contributed by atoms with E-state index in [1.165, 1.54) is 0 Å². The van der Waals surface area contributed by atoms with Crippen molar-refractivity contribution in [2.45, 2.75) is 44.1 Å². The zero-order chi connectivity index (χ0) is 22.9. The second-order valence-electron chi connectivity index (χ2n) is 9.88. The molecule has 2 bridgehead atoms. The fourth-order valence-electron chi connectivity index (χ4n) is 6.86. The first-order valence-electron chi connectivity index (χ1n) is 11.7. The highest BCUT2D eigenvalue weighted by Gasteiger charge is 2.51. The first-order valence-corrected chi connectivity index (χ1v) is 11.7. The van der Waals surface area contributed by atoms with E-state index < -0.39 is 24.2 Å². The van der Waals surface area contributed by atoms with Crippen LogP contribution in [0, 0.1) is 0 Å². The molecule has 0 radical (unpaired) electrons. The number of methoxy groups -OCH3 is 1. The van der Waals surface area contributed by atoms with Gasteiger partial charge < -0.3 is 29.0 Å². The lowest BCUT2D eigenvalue weighted by Gasteiger charge is -2.45. The number of aromatic nitrogens is 2. The van der Waals surface area contributed by atoms with Gasteiger partial charge in [-0.25, -0.2) is 0 Å². The van der Waals surface area contributed by atoms with Crippen molar-refractivity contribution in [3.63, 3.8) is 0 Å². The van der Waals surface area contributed by atoms with Gasteiger partial charge in [-0.3, -0.25) is 4.79 Å². The zero-order valence-corrected chi connectivity index (χ0v) is 18.8. The van der Waals surface area contributed by atoms with Crippen LogP contribution in [-0.4, -0.2) is 39.5 Å². The van der Waals surface area contributed by atoms with Crippen molar-refractivity contribution in [2.24, 2.45) is 0 Å². The summed E-state index contributed by atoms with van der Waals surface area (Å²) < 4.78 is 17.0. The van der Waals surface area contributed by atoms with Crippen LogP contribution in [0.4, 0.5) is 0 Å². The number of amides is 1. The minimum absolute atomic E-state index is 0.0497. The van der Waals surface area contributed by atoms with Crippen molar-refractivity contribution in [1.82, 2.24) is 14.5 Å². The normalized spacial score (nSPS) is 27.7. The molecule has 0 aliphatic carbocycles. The lowest BCUT2D eigenvalue weighted by molar-refractivity contribution is -0.265. The fourth-order valence-corrected chi connectivity index (χ4v) is 6.86. The third-order valence-corrected chi connectivity index (χ3v) is 8.17. The molecule has 8 rings (SSSR count). The lowest BCUT2D eigenvalue weighted by Crippen LogP contribution is -2.51. The molecular formula is C27H23N3O4. The van der Waals surface area contributed by atoms with E-state index in [4.69, 9.17) is 9.47 Å². The number of carbonyl (C=O) groups is 1. The summed E-state index contributed by atoms with van der Waals surface area (Å²) in [5, 5.41) is 18.6. The van der Waals surface area contributed by atoms with Crippen LogP contribution >= 0.6 is 0 Å². The van der Waals surface area contributed by atoms with E-state index in [1.54, 1.807) is 7.11 Å². The number of benzene rings is 3. The Hall–Kier alpha value is -3.39. The third kappa shape index (κ3) is 1.96. The summed E-state index contributed by atoms with van der Waals surface area (Å²) in [6.07, 6.45) is -1.41. The second-order valence-corrected chi connectivity index (χ2v) is 9.88. The molecule has 3 aromatic carbocycles. The molecule has 3 aliphatic rings. The molecule has 0 saturated carbocycles. The number of aliphatic hydroxyl groups excluding tert-OH is 1. The first kappa shape index (κ1) is 19.0. The Balaban J connectivity index is 1.74. The molecular weight excluding hydrogens is 430 g/mol. The molecule has 0 unspecified atom stereocenters. The van der Waals surface area contributed by atoms with Crippen LogP contribution in [0.15, 0.2) is 48.5 Å². The van der Waals surface area contributed by atoms with Crippen molar-refractivity contribution in [1.29, 1.82) is 0 Å². The minimum Gasteiger partial charge on any atom is -0.386 e. The molecule has 1 amide bonds. The highest BCUT2D eigenvalue weighted by Crippen LogP contribution is 2.53. The molecule has 7 heteroatoms. The van der Waals surface area contributed by atoms with E-state index in [1.807, 2.05) is 30.3 Å². The lowest BCUT2D eigenvalue weighted by atomic mass is 9.96. The summed E-state index contributed by atoms with van der Waals surface area (Å²) in [4.78, 5) is 13.2. The Labute approximate surface area is 194 Å². The number of rotatable bonds is 1. The minimum atomic E-state index is -0.856. The maximum Gasteiger partial charge on any atom is 0.252 e. The van der Waals surface area contributed by atoms with Gasteiger partial charge in [0.05, 0.1) is 33.7 Å². The van der Waals surface area contributed by atoms with Gasteiger partial charge in [0, 0.05) is 41.6 Å². The molecule has 5 aromatic rings. The van der Waals surface area contributed by atoms with Gasteiger partial charge in [0.15, 0.2) is 6.23 Å². The molecule has 4 atom stereocenters. The molecule has 3 aliphatic heterocycles. The van der Waals surface area contributed by atoms with E-state index in [0.29, 0.717) is 13.0 Å². The van der Waals surface area contributed by atoms with E-state index in [2.05, 4.69) is 39.6 Å². The largest absolute Gasteiger partial charge is 0.386 e. The van der Waals surface area contributed by atoms with Crippen molar-refractivity contribution >= 4 is 49.5 Å². The number of fused-ring (bicyclic) bond motifs is 13. The summed E-state index contributed by atoms with van der Waals surface area (Å²) in [6.45, 7) is 2.58. The van der Waals surface area contributed by atoms with Crippen molar-refractivity contribution < 1.29 is 19.4 Å². The molecule has 1 saturated heterocycles. The number of aliphatic hydroxyl groups is 1. The predicted molar refractivity (Wildman–Crippen MR) is 129 cm³/mol. The summed E-state index contributed by atoms with van der Waals surface area (Å²) in [5.41, 5.74) is 5.01. The number of para-hydroxylation sites is 2. The maximum absolute atomic E-state index is 13.2. The molecule has 170 valence electrons. The van der Waals surface area contributed by atoms with Gasteiger partial charge >= 0.3 is 0 Å². The third-order valence-electron chi connectivity index (χ3n) is 8.17. The Kier molecular flexibility index (Phi) is 3.34. The van der Waals surface area contributed by atoms with Gasteiger partial charge in [0.25, 0.3) is 5.91 Å². The van der Waals surface area contributed by atoms with E-state index in [9.17, 15) is 9.90 Å². The number of nitrogens with zero attached hydrogens (tertiary/aromatic N) is 2. The van der Waals surface area contributed by atoms with Crippen LogP contribution in [0.2, 0.25) is 0 Å². The Morgan fingerprint density at radius 1 is 1.06 bits per heavy atom. The van der Waals surface area contributed by atoms with Crippen molar-refractivity contribution in [2.75, 3.05) is 7.11 Å². The smallest absolute Gasteiger partial charge is 0.252 e. The Morgan fingerprint density at radius 3 is 2.53 bits per heavy atom. The topological polar surface area (TPSA) is 77.7 Å². The van der Waals surface area contributed by atoms with Gasteiger partial charge in [0.2, 0.25) is 0 Å². The highest BCUT2D eigenvalue weighted by molar-refractivity contribution is 6.31. The number of carbonyl (C=O) groups excluding carboxylic acids is 1. The quantitative estimate of drug-likeness (QED) is 0.400. The summed E-state index contributed by atoms with van der Waals surface area (Å²) in [6, 6.07) is 16.4. The zero-order valence-electron chi connectivity index (χ0n) is 18.8. The number of hydrogen-bond donors (Lipinski definition) is 2. The molecule has 1 fully saturated rings. The van der Waals surface area contributed by atoms with Crippen LogP contribution in [0.3, 0.4) is 0 Å². The fraction of sp³-hybridized carbons (Fsp3) is 0.296. The molecule has 34 heavy (non-hydrogen) atoms. The van der Waals surface area contributed by atoms with E-state index in [-0.39, 0.29) is 5.91 Å². The maximum atomic E-state index is 13.2. The average molecular weight is 453 g/mol. The Morgan fingerprint density at radius 2 is 1.76 bits per heavy atom. The molecule has 7 nitrogen and oxygen atoms in total. The first-order chi connectivity index (χ1) is 16.5. The summed E-state index contributed by atoms with van der Waals surface area (Å²) >= 11 is 0. The number of hydrogen-bond acceptors (Lipinski definition) is 4. The van der Waals surface area contributed by atoms with Crippen molar-refractivity contribution in [3.05, 3.63) is 59.7 Å². The molecule has 2 aromatic heterocycles. The highest BCUT2D eigenvalue weighted by atomic mass is 16.6. The monoisotopic (exact) mass is 453 g/mol. The van der Waals surface area contributed by atoms with Gasteiger partial charge in [-0.05, 0) is 24.6 Å². The number of nitrogens with one attached hydrogen (secondary N) is 1. The second kappa shape index (κ2) is 5.99. The molecule has 2 N–H and O–H groups in total. The number of ether oxygens (including phenoxy) is 2. The molecule has 5 heterocycles. The van der Waals surface area contributed by atoms with Crippen LogP contribution in [0.1, 0.15) is 35.5 Å². The van der Waals surface area contributed by atoms with Gasteiger partial charge in [-0.2, -0.15) is 0 Å². The van der Waals surface area contributed by atoms with Gasteiger partial charge in [-0.15, -0.1) is 0 Å². The predicted octanol–water partition coefficient (Wildman–Crippen LogP) is 4.13. The molecule has 0 spiro atoms. The van der Waals surface area contributed by atoms with Crippen molar-refractivity contribution in [3.8, 4) is 0 Å². The van der Waals surface area contributed by atoms with Crippen LogP contribution in [0.5, 0.6) is 0 Å². The van der Waals surface area contributed by atoms with Gasteiger partial charge in [-0.1, -0.05) is 36.4 Å². The van der Waals surface area contributed by atoms with Crippen LogP contribution in [-0.2, 0) is 21.7 Å².